The first-order chi connectivity index (χ1) is 11.0. The summed E-state index contributed by atoms with van der Waals surface area (Å²) in [6.07, 6.45) is 3.65. The lowest BCUT2D eigenvalue weighted by Crippen LogP contribution is -2.32. The van der Waals surface area contributed by atoms with Gasteiger partial charge in [-0.15, -0.1) is 0 Å². The molecule has 5 nitrogen and oxygen atoms in total. The number of hydrogen-bond donors (Lipinski definition) is 0. The van der Waals surface area contributed by atoms with Crippen molar-refractivity contribution in [1.29, 1.82) is 0 Å². The molecular formula is C17H26N2O3S. The second kappa shape index (κ2) is 7.93. The summed E-state index contributed by atoms with van der Waals surface area (Å²) in [5, 5.41) is 0. The third kappa shape index (κ3) is 4.12. The van der Waals surface area contributed by atoms with Crippen LogP contribution in [0.2, 0.25) is 0 Å². The van der Waals surface area contributed by atoms with Crippen LogP contribution in [-0.2, 0) is 10.0 Å². The number of hydrogen-bond acceptors (Lipinski definition) is 3. The molecular weight excluding hydrogens is 312 g/mol. The molecule has 1 amide bonds. The number of rotatable bonds is 7. The molecule has 1 aliphatic rings. The summed E-state index contributed by atoms with van der Waals surface area (Å²) in [4.78, 5) is 14.6. The summed E-state index contributed by atoms with van der Waals surface area (Å²) in [7, 11) is -3.41. The van der Waals surface area contributed by atoms with Gasteiger partial charge in [-0.25, -0.2) is 8.42 Å². The summed E-state index contributed by atoms with van der Waals surface area (Å²) in [6.45, 7) is 6.71. The van der Waals surface area contributed by atoms with Gasteiger partial charge >= 0.3 is 0 Å². The molecule has 1 heterocycles. The van der Waals surface area contributed by atoms with Crippen LogP contribution in [0.15, 0.2) is 29.2 Å². The molecule has 0 saturated carbocycles. The van der Waals surface area contributed by atoms with Crippen molar-refractivity contribution in [3.8, 4) is 0 Å². The number of carbonyl (C=O) groups excluding carboxylic acids is 1. The van der Waals surface area contributed by atoms with Gasteiger partial charge in [-0.2, -0.15) is 4.31 Å². The Morgan fingerprint density at radius 2 is 1.57 bits per heavy atom. The molecule has 2 rings (SSSR count). The largest absolute Gasteiger partial charge is 0.339 e. The fourth-order valence-corrected chi connectivity index (χ4v) is 4.40. The molecule has 0 atom stereocenters. The minimum atomic E-state index is -3.41. The van der Waals surface area contributed by atoms with Crippen molar-refractivity contribution >= 4 is 15.9 Å². The van der Waals surface area contributed by atoms with Crippen molar-refractivity contribution in [2.75, 3.05) is 26.2 Å². The second-order valence-corrected chi connectivity index (χ2v) is 7.87. The van der Waals surface area contributed by atoms with Gasteiger partial charge in [-0.3, -0.25) is 4.79 Å². The zero-order valence-corrected chi connectivity index (χ0v) is 14.8. The molecule has 23 heavy (non-hydrogen) atoms. The highest BCUT2D eigenvalue weighted by molar-refractivity contribution is 7.89. The SMILES string of the molecule is CCCN(CCC)C(=O)c1ccc(S(=O)(=O)N2CCCC2)cc1. The third-order valence-electron chi connectivity index (χ3n) is 4.08. The Kier molecular flexibility index (Phi) is 6.18. The molecule has 128 valence electrons. The smallest absolute Gasteiger partial charge is 0.253 e. The van der Waals surface area contributed by atoms with Crippen molar-refractivity contribution < 1.29 is 13.2 Å². The fraction of sp³-hybridized carbons (Fsp3) is 0.588. The summed E-state index contributed by atoms with van der Waals surface area (Å²) in [6, 6.07) is 6.36. The zero-order valence-electron chi connectivity index (χ0n) is 14.0. The maximum absolute atomic E-state index is 12.5. The van der Waals surface area contributed by atoms with Crippen LogP contribution in [0.3, 0.4) is 0 Å². The first kappa shape index (κ1) is 17.9. The molecule has 0 aliphatic carbocycles. The fourth-order valence-electron chi connectivity index (χ4n) is 2.88. The number of carbonyl (C=O) groups is 1. The van der Waals surface area contributed by atoms with Crippen LogP contribution in [0, 0.1) is 0 Å². The van der Waals surface area contributed by atoms with Gasteiger partial charge in [0.15, 0.2) is 0 Å². The molecule has 0 aromatic heterocycles. The van der Waals surface area contributed by atoms with E-state index in [-0.39, 0.29) is 10.8 Å². The van der Waals surface area contributed by atoms with Crippen molar-refractivity contribution in [3.05, 3.63) is 29.8 Å². The summed E-state index contributed by atoms with van der Waals surface area (Å²) < 4.78 is 26.5. The maximum atomic E-state index is 12.5. The Hall–Kier alpha value is -1.40. The van der Waals surface area contributed by atoms with Crippen molar-refractivity contribution in [1.82, 2.24) is 9.21 Å². The van der Waals surface area contributed by atoms with Gasteiger partial charge in [0.25, 0.3) is 5.91 Å². The van der Waals surface area contributed by atoms with E-state index in [1.165, 1.54) is 4.31 Å². The Morgan fingerprint density at radius 3 is 2.04 bits per heavy atom. The van der Waals surface area contributed by atoms with E-state index >= 15 is 0 Å². The van der Waals surface area contributed by atoms with Crippen molar-refractivity contribution in [3.63, 3.8) is 0 Å². The third-order valence-corrected chi connectivity index (χ3v) is 5.99. The normalized spacial score (nSPS) is 15.7. The average Bonchev–Trinajstić information content (AvgIpc) is 3.09. The summed E-state index contributed by atoms with van der Waals surface area (Å²) >= 11 is 0. The number of benzene rings is 1. The van der Waals surface area contributed by atoms with Gasteiger partial charge in [-0.1, -0.05) is 13.8 Å². The quantitative estimate of drug-likeness (QED) is 0.768. The minimum absolute atomic E-state index is 0.0289. The number of sulfonamides is 1. The van der Waals surface area contributed by atoms with E-state index in [0.29, 0.717) is 18.7 Å². The molecule has 0 radical (unpaired) electrons. The Balaban J connectivity index is 2.16. The Morgan fingerprint density at radius 1 is 1.04 bits per heavy atom. The lowest BCUT2D eigenvalue weighted by atomic mass is 10.2. The zero-order chi connectivity index (χ0) is 16.9. The minimum Gasteiger partial charge on any atom is -0.339 e. The second-order valence-electron chi connectivity index (χ2n) is 5.93. The van der Waals surface area contributed by atoms with Gasteiger partial charge in [-0.05, 0) is 49.9 Å². The molecule has 0 spiro atoms. The van der Waals surface area contributed by atoms with Gasteiger partial charge in [0.2, 0.25) is 10.0 Å². The summed E-state index contributed by atoms with van der Waals surface area (Å²) in [5.74, 6) is -0.0289. The standard InChI is InChI=1S/C17H26N2O3S/c1-3-11-18(12-4-2)17(20)15-7-9-16(10-8-15)23(21,22)19-13-5-6-14-19/h7-10H,3-6,11-14H2,1-2H3. The predicted octanol–water partition coefficient (Wildman–Crippen LogP) is 2.73. The number of nitrogens with zero attached hydrogens (tertiary/aromatic N) is 2. The highest BCUT2D eigenvalue weighted by Gasteiger charge is 2.27. The van der Waals surface area contributed by atoms with E-state index in [4.69, 9.17) is 0 Å². The van der Waals surface area contributed by atoms with Crippen LogP contribution in [0.5, 0.6) is 0 Å². The summed E-state index contributed by atoms with van der Waals surface area (Å²) in [5.41, 5.74) is 0.548. The number of amides is 1. The molecule has 1 aromatic carbocycles. The Bertz CT molecular complexity index is 614. The van der Waals surface area contributed by atoms with Crippen LogP contribution in [-0.4, -0.2) is 49.7 Å². The molecule has 1 saturated heterocycles. The van der Waals surface area contributed by atoms with Crippen LogP contribution in [0.1, 0.15) is 49.9 Å². The monoisotopic (exact) mass is 338 g/mol. The molecule has 1 aliphatic heterocycles. The predicted molar refractivity (Wildman–Crippen MR) is 90.9 cm³/mol. The lowest BCUT2D eigenvalue weighted by molar-refractivity contribution is 0.0755. The van der Waals surface area contributed by atoms with Gasteiger partial charge in [0, 0.05) is 31.7 Å². The van der Waals surface area contributed by atoms with E-state index in [9.17, 15) is 13.2 Å². The van der Waals surface area contributed by atoms with Crippen LogP contribution in [0.4, 0.5) is 0 Å². The van der Waals surface area contributed by atoms with Gasteiger partial charge in [0.05, 0.1) is 4.90 Å². The molecule has 6 heteroatoms. The van der Waals surface area contributed by atoms with Crippen LogP contribution >= 0.6 is 0 Å². The van der Waals surface area contributed by atoms with Gasteiger partial charge < -0.3 is 4.90 Å². The average molecular weight is 338 g/mol. The van der Waals surface area contributed by atoms with E-state index < -0.39 is 10.0 Å². The molecule has 0 N–H and O–H groups in total. The highest BCUT2D eigenvalue weighted by atomic mass is 32.2. The lowest BCUT2D eigenvalue weighted by Gasteiger charge is -2.21. The van der Waals surface area contributed by atoms with E-state index in [2.05, 4.69) is 0 Å². The maximum Gasteiger partial charge on any atom is 0.253 e. The molecule has 1 aromatic rings. The van der Waals surface area contributed by atoms with E-state index in [1.807, 2.05) is 18.7 Å². The highest BCUT2D eigenvalue weighted by Crippen LogP contribution is 2.21. The first-order valence-electron chi connectivity index (χ1n) is 8.40. The van der Waals surface area contributed by atoms with Crippen molar-refractivity contribution in [2.45, 2.75) is 44.4 Å². The Labute approximate surface area is 139 Å². The van der Waals surface area contributed by atoms with Crippen LogP contribution in [0.25, 0.3) is 0 Å². The van der Waals surface area contributed by atoms with Gasteiger partial charge in [0.1, 0.15) is 0 Å². The molecule has 0 bridgehead atoms. The van der Waals surface area contributed by atoms with Crippen LogP contribution < -0.4 is 0 Å². The first-order valence-corrected chi connectivity index (χ1v) is 9.84. The van der Waals surface area contributed by atoms with E-state index in [0.717, 1.165) is 38.8 Å². The van der Waals surface area contributed by atoms with Crippen molar-refractivity contribution in [2.24, 2.45) is 0 Å². The molecule has 0 unspecified atom stereocenters. The topological polar surface area (TPSA) is 57.7 Å². The molecule has 1 fully saturated rings. The van der Waals surface area contributed by atoms with E-state index in [1.54, 1.807) is 24.3 Å².